The highest BCUT2D eigenvalue weighted by Crippen LogP contribution is 2.09. The van der Waals surface area contributed by atoms with Gasteiger partial charge >= 0.3 is 0 Å². The van der Waals surface area contributed by atoms with Gasteiger partial charge in [0.25, 0.3) is 5.91 Å². The van der Waals surface area contributed by atoms with E-state index >= 15 is 0 Å². The van der Waals surface area contributed by atoms with Crippen LogP contribution in [0.4, 0.5) is 8.78 Å². The fraction of sp³-hybridized carbons (Fsp3) is 0.500. The van der Waals surface area contributed by atoms with Crippen molar-refractivity contribution >= 4 is 11.8 Å². The summed E-state index contributed by atoms with van der Waals surface area (Å²) in [4.78, 5) is 23.4. The predicted molar refractivity (Wildman–Crippen MR) is 80.4 cm³/mol. The van der Waals surface area contributed by atoms with Gasteiger partial charge in [-0.1, -0.05) is 26.2 Å². The Morgan fingerprint density at radius 3 is 2.59 bits per heavy atom. The minimum Gasteiger partial charge on any atom is -0.352 e. The molecule has 1 rings (SSSR count). The number of halogens is 2. The van der Waals surface area contributed by atoms with E-state index in [2.05, 4.69) is 17.6 Å². The number of amides is 2. The first-order valence-electron chi connectivity index (χ1n) is 7.46. The summed E-state index contributed by atoms with van der Waals surface area (Å²) in [6, 6.07) is 2.70. The number of rotatable bonds is 8. The molecule has 0 radical (unpaired) electrons. The normalized spacial score (nSPS) is 11.8. The monoisotopic (exact) mass is 312 g/mol. The molecule has 0 fully saturated rings. The molecule has 1 unspecified atom stereocenters. The van der Waals surface area contributed by atoms with E-state index in [1.54, 1.807) is 0 Å². The predicted octanol–water partition coefficient (Wildman–Crippen LogP) is 2.78. The molecule has 2 N–H and O–H groups in total. The van der Waals surface area contributed by atoms with Gasteiger partial charge in [0.05, 0.1) is 12.1 Å². The van der Waals surface area contributed by atoms with E-state index in [0.29, 0.717) is 6.07 Å². The third kappa shape index (κ3) is 6.20. The molecule has 0 aliphatic heterocycles. The van der Waals surface area contributed by atoms with Crippen molar-refractivity contribution in [2.45, 2.75) is 45.6 Å². The number of carbonyl (C=O) groups excluding carboxylic acids is 2. The summed E-state index contributed by atoms with van der Waals surface area (Å²) in [7, 11) is 0. The lowest BCUT2D eigenvalue weighted by Gasteiger charge is -2.14. The van der Waals surface area contributed by atoms with Crippen molar-refractivity contribution in [1.29, 1.82) is 0 Å². The highest BCUT2D eigenvalue weighted by molar-refractivity contribution is 5.96. The first-order chi connectivity index (χ1) is 10.4. The lowest BCUT2D eigenvalue weighted by molar-refractivity contribution is -0.120. The van der Waals surface area contributed by atoms with Crippen LogP contribution in [0.2, 0.25) is 0 Å². The van der Waals surface area contributed by atoms with Crippen LogP contribution in [-0.4, -0.2) is 24.4 Å². The number of hydrogen-bond donors (Lipinski definition) is 2. The molecule has 1 aromatic carbocycles. The van der Waals surface area contributed by atoms with Gasteiger partial charge in [-0.3, -0.25) is 9.59 Å². The Kier molecular flexibility index (Phi) is 7.49. The maximum Gasteiger partial charge on any atom is 0.254 e. The SMILES string of the molecule is CCCCCC(C)NC(=O)CNC(=O)c1ccc(F)cc1F. The molecule has 22 heavy (non-hydrogen) atoms. The minimum atomic E-state index is -0.953. The van der Waals surface area contributed by atoms with Crippen LogP contribution < -0.4 is 10.6 Å². The molecule has 1 aromatic rings. The molecule has 0 aromatic heterocycles. The molecule has 4 nitrogen and oxygen atoms in total. The van der Waals surface area contributed by atoms with Crippen molar-refractivity contribution < 1.29 is 18.4 Å². The summed E-state index contributed by atoms with van der Waals surface area (Å²) in [6.07, 6.45) is 4.13. The second-order valence-electron chi connectivity index (χ2n) is 5.27. The Balaban J connectivity index is 2.38. The number of unbranched alkanes of at least 4 members (excludes halogenated alkanes) is 2. The maximum absolute atomic E-state index is 13.4. The highest BCUT2D eigenvalue weighted by Gasteiger charge is 2.14. The lowest BCUT2D eigenvalue weighted by Crippen LogP contribution is -2.41. The number of nitrogens with one attached hydrogen (secondary N) is 2. The topological polar surface area (TPSA) is 58.2 Å². The third-order valence-corrected chi connectivity index (χ3v) is 3.23. The van der Waals surface area contributed by atoms with Crippen molar-refractivity contribution in [2.24, 2.45) is 0 Å². The first-order valence-corrected chi connectivity index (χ1v) is 7.46. The second-order valence-corrected chi connectivity index (χ2v) is 5.27. The van der Waals surface area contributed by atoms with Crippen LogP contribution in [0.1, 0.15) is 49.9 Å². The zero-order valence-corrected chi connectivity index (χ0v) is 12.9. The van der Waals surface area contributed by atoms with Gasteiger partial charge in [-0.25, -0.2) is 8.78 Å². The maximum atomic E-state index is 13.4. The minimum absolute atomic E-state index is 0.0264. The molecular weight excluding hydrogens is 290 g/mol. The molecule has 0 saturated heterocycles. The molecule has 1 atom stereocenters. The average Bonchev–Trinajstić information content (AvgIpc) is 2.45. The zero-order chi connectivity index (χ0) is 16.5. The van der Waals surface area contributed by atoms with E-state index in [4.69, 9.17) is 0 Å². The fourth-order valence-corrected chi connectivity index (χ4v) is 2.03. The molecule has 2 amide bonds. The van der Waals surface area contributed by atoms with Gasteiger partial charge in [0.1, 0.15) is 11.6 Å². The Bertz CT molecular complexity index is 521. The van der Waals surface area contributed by atoms with Crippen molar-refractivity contribution in [3.8, 4) is 0 Å². The molecular formula is C16H22F2N2O2. The lowest BCUT2D eigenvalue weighted by atomic mass is 10.1. The summed E-state index contributed by atoms with van der Waals surface area (Å²) in [5.41, 5.74) is -0.287. The summed E-state index contributed by atoms with van der Waals surface area (Å²) in [5.74, 6) is -2.79. The van der Waals surface area contributed by atoms with Crippen molar-refractivity contribution in [3.05, 3.63) is 35.4 Å². The van der Waals surface area contributed by atoms with E-state index in [0.717, 1.165) is 37.8 Å². The quantitative estimate of drug-likeness (QED) is 0.725. The smallest absolute Gasteiger partial charge is 0.254 e. The van der Waals surface area contributed by atoms with E-state index in [9.17, 15) is 18.4 Å². The number of carbonyl (C=O) groups is 2. The molecule has 6 heteroatoms. The highest BCUT2D eigenvalue weighted by atomic mass is 19.1. The van der Waals surface area contributed by atoms with E-state index in [1.165, 1.54) is 0 Å². The molecule has 0 aliphatic rings. The van der Waals surface area contributed by atoms with Crippen LogP contribution >= 0.6 is 0 Å². The summed E-state index contributed by atoms with van der Waals surface area (Å²) >= 11 is 0. The molecule has 0 aliphatic carbocycles. The number of benzene rings is 1. The van der Waals surface area contributed by atoms with Gasteiger partial charge in [0, 0.05) is 12.1 Å². The summed E-state index contributed by atoms with van der Waals surface area (Å²) < 4.78 is 26.2. The van der Waals surface area contributed by atoms with Gasteiger partial charge in [-0.05, 0) is 25.5 Å². The fourth-order valence-electron chi connectivity index (χ4n) is 2.03. The van der Waals surface area contributed by atoms with Crippen LogP contribution in [0.3, 0.4) is 0 Å². The van der Waals surface area contributed by atoms with Crippen LogP contribution in [-0.2, 0) is 4.79 Å². The van der Waals surface area contributed by atoms with Gasteiger partial charge in [-0.2, -0.15) is 0 Å². The van der Waals surface area contributed by atoms with Crippen LogP contribution in [0.25, 0.3) is 0 Å². The van der Waals surface area contributed by atoms with E-state index < -0.39 is 17.5 Å². The van der Waals surface area contributed by atoms with E-state index in [-0.39, 0.29) is 24.1 Å². The van der Waals surface area contributed by atoms with Gasteiger partial charge in [0.15, 0.2) is 0 Å². The molecule has 0 bridgehead atoms. The van der Waals surface area contributed by atoms with Crippen LogP contribution in [0.15, 0.2) is 18.2 Å². The van der Waals surface area contributed by atoms with Crippen LogP contribution in [0, 0.1) is 11.6 Å². The van der Waals surface area contributed by atoms with Crippen molar-refractivity contribution in [1.82, 2.24) is 10.6 Å². The third-order valence-electron chi connectivity index (χ3n) is 3.23. The van der Waals surface area contributed by atoms with Gasteiger partial charge < -0.3 is 10.6 Å². The van der Waals surface area contributed by atoms with Crippen molar-refractivity contribution in [3.63, 3.8) is 0 Å². The van der Waals surface area contributed by atoms with Gasteiger partial charge in [0.2, 0.25) is 5.91 Å². The second kappa shape index (κ2) is 9.12. The van der Waals surface area contributed by atoms with Gasteiger partial charge in [-0.15, -0.1) is 0 Å². The number of hydrogen-bond acceptors (Lipinski definition) is 2. The zero-order valence-electron chi connectivity index (χ0n) is 12.9. The van der Waals surface area contributed by atoms with E-state index in [1.807, 2.05) is 6.92 Å². The molecule has 0 spiro atoms. The summed E-state index contributed by atoms with van der Waals surface area (Å²) in [6.45, 7) is 3.76. The first kappa shape index (κ1) is 18.1. The average molecular weight is 312 g/mol. The Labute approximate surface area is 129 Å². The molecule has 0 saturated carbocycles. The standard InChI is InChI=1S/C16H22F2N2O2/c1-3-4-5-6-11(2)20-15(21)10-19-16(22)13-8-7-12(17)9-14(13)18/h7-9,11H,3-6,10H2,1-2H3,(H,19,22)(H,20,21). The summed E-state index contributed by atoms with van der Waals surface area (Å²) in [5, 5.41) is 5.08. The Morgan fingerprint density at radius 2 is 1.95 bits per heavy atom. The largest absolute Gasteiger partial charge is 0.352 e. The molecule has 0 heterocycles. The van der Waals surface area contributed by atoms with Crippen molar-refractivity contribution in [2.75, 3.05) is 6.54 Å². The van der Waals surface area contributed by atoms with Crippen LogP contribution in [0.5, 0.6) is 0 Å². The molecule has 122 valence electrons. The Hall–Kier alpha value is -1.98. The Morgan fingerprint density at radius 1 is 1.23 bits per heavy atom.